The first-order valence-corrected chi connectivity index (χ1v) is 11.3. The fourth-order valence-electron chi connectivity index (χ4n) is 2.45. The molecule has 2 aromatic heterocycles. The van der Waals surface area contributed by atoms with Gasteiger partial charge in [0.1, 0.15) is 0 Å². The van der Waals surface area contributed by atoms with E-state index >= 15 is 4.39 Å². The number of rotatable bonds is 4. The summed E-state index contributed by atoms with van der Waals surface area (Å²) >= 11 is 7.32. The Kier molecular flexibility index (Phi) is 5.44. The second kappa shape index (κ2) is 7.38. The molecule has 1 N–H and O–H groups in total. The molecule has 0 fully saturated rings. The Bertz CT molecular complexity index is 1140. The summed E-state index contributed by atoms with van der Waals surface area (Å²) in [7, 11) is -3.63. The van der Waals surface area contributed by atoms with Gasteiger partial charge >= 0.3 is 0 Å². The van der Waals surface area contributed by atoms with Gasteiger partial charge in [0.05, 0.1) is 33.2 Å². The first kappa shape index (κ1) is 20.6. The van der Waals surface area contributed by atoms with E-state index in [-0.39, 0.29) is 21.9 Å². The molecule has 0 spiro atoms. The van der Waals surface area contributed by atoms with Crippen LogP contribution in [0.25, 0.3) is 21.8 Å². The van der Waals surface area contributed by atoms with Gasteiger partial charge in [-0.3, -0.25) is 4.72 Å². The molecule has 148 valence electrons. The van der Waals surface area contributed by atoms with E-state index in [0.717, 1.165) is 11.3 Å². The summed E-state index contributed by atoms with van der Waals surface area (Å²) in [5.41, 5.74) is 0.651. The van der Waals surface area contributed by atoms with E-state index in [1.807, 2.05) is 20.8 Å². The lowest BCUT2D eigenvalue weighted by Crippen LogP contribution is -2.11. The summed E-state index contributed by atoms with van der Waals surface area (Å²) < 4.78 is 40.4. The number of nitrogens with one attached hydrogen (secondary N) is 1. The predicted molar refractivity (Wildman–Crippen MR) is 111 cm³/mol. The van der Waals surface area contributed by atoms with E-state index in [1.165, 1.54) is 23.6 Å². The van der Waals surface area contributed by atoms with Gasteiger partial charge in [-0.1, -0.05) is 26.8 Å². The molecule has 6 nitrogen and oxygen atoms in total. The minimum atomic E-state index is -3.63. The summed E-state index contributed by atoms with van der Waals surface area (Å²) in [5.74, 6) is -0.708. The zero-order valence-electron chi connectivity index (χ0n) is 15.6. The summed E-state index contributed by atoms with van der Waals surface area (Å²) in [6.45, 7) is 6.01. The van der Waals surface area contributed by atoms with Crippen molar-refractivity contribution in [3.63, 3.8) is 0 Å². The number of nitrogens with zero attached hydrogens (tertiary/aromatic N) is 3. The Morgan fingerprint density at radius 1 is 1.18 bits per heavy atom. The topological polar surface area (TPSA) is 84.8 Å². The van der Waals surface area contributed by atoms with Crippen molar-refractivity contribution in [2.45, 2.75) is 26.2 Å². The fourth-order valence-corrected chi connectivity index (χ4v) is 4.26. The molecule has 10 heteroatoms. The number of halogens is 2. The maximum atomic E-state index is 15.1. The average molecular weight is 441 g/mol. The summed E-state index contributed by atoms with van der Waals surface area (Å²) in [6.07, 6.45) is 2.48. The molecule has 0 aliphatic rings. The molecule has 0 saturated carbocycles. The van der Waals surface area contributed by atoms with Crippen LogP contribution in [0.4, 0.5) is 10.1 Å². The van der Waals surface area contributed by atoms with Crippen LogP contribution in [0.3, 0.4) is 0 Å². The van der Waals surface area contributed by atoms with Gasteiger partial charge in [0.2, 0.25) is 15.3 Å². The van der Waals surface area contributed by atoms with Crippen LogP contribution >= 0.6 is 22.9 Å². The summed E-state index contributed by atoms with van der Waals surface area (Å²) in [6, 6.07) is 6.15. The number of hydrogen-bond donors (Lipinski definition) is 1. The Hall–Kier alpha value is -2.10. The van der Waals surface area contributed by atoms with E-state index in [0.29, 0.717) is 16.3 Å². The standard InChI is InChI=1S/C18H18ClFN4O2S2/c1-18(2,3)16-23-14(15(27-16)12-8-9-21-17(19)22-12)10-6-5-7-11(13(10)20)24-28(4,25)26/h5-9,24H,1-4H3. The zero-order valence-corrected chi connectivity index (χ0v) is 18.0. The van der Waals surface area contributed by atoms with Crippen LogP contribution in [-0.4, -0.2) is 29.6 Å². The predicted octanol–water partition coefficient (Wildman–Crippen LogP) is 4.73. The van der Waals surface area contributed by atoms with Crippen molar-refractivity contribution in [1.82, 2.24) is 15.0 Å². The van der Waals surface area contributed by atoms with Crippen LogP contribution in [-0.2, 0) is 15.4 Å². The van der Waals surface area contributed by atoms with Crippen LogP contribution in [0, 0.1) is 5.82 Å². The second-order valence-corrected chi connectivity index (χ2v) is 10.3. The smallest absolute Gasteiger partial charge is 0.229 e. The third kappa shape index (κ3) is 4.48. The number of sulfonamides is 1. The monoisotopic (exact) mass is 440 g/mol. The quantitative estimate of drug-likeness (QED) is 0.593. The van der Waals surface area contributed by atoms with Crippen molar-refractivity contribution in [2.75, 3.05) is 11.0 Å². The maximum absolute atomic E-state index is 15.1. The zero-order chi connectivity index (χ0) is 20.7. The van der Waals surface area contributed by atoms with Crippen LogP contribution in [0.1, 0.15) is 25.8 Å². The Labute approximate surface area is 171 Å². The van der Waals surface area contributed by atoms with Crippen molar-refractivity contribution in [1.29, 1.82) is 0 Å². The molecule has 0 amide bonds. The van der Waals surface area contributed by atoms with Gasteiger partial charge < -0.3 is 0 Å². The largest absolute Gasteiger partial charge is 0.281 e. The Balaban J connectivity index is 2.24. The van der Waals surface area contributed by atoms with Crippen LogP contribution < -0.4 is 4.72 Å². The summed E-state index contributed by atoms with van der Waals surface area (Å²) in [4.78, 5) is 13.4. The Morgan fingerprint density at radius 2 is 1.89 bits per heavy atom. The van der Waals surface area contributed by atoms with E-state index in [1.54, 1.807) is 18.2 Å². The van der Waals surface area contributed by atoms with E-state index in [4.69, 9.17) is 11.6 Å². The molecule has 0 radical (unpaired) electrons. The van der Waals surface area contributed by atoms with Gasteiger partial charge in [-0.05, 0) is 29.8 Å². The highest BCUT2D eigenvalue weighted by molar-refractivity contribution is 7.92. The van der Waals surface area contributed by atoms with Crippen LogP contribution in [0.15, 0.2) is 30.5 Å². The van der Waals surface area contributed by atoms with E-state index < -0.39 is 15.8 Å². The van der Waals surface area contributed by atoms with E-state index in [2.05, 4.69) is 19.7 Å². The first-order valence-electron chi connectivity index (χ1n) is 8.22. The normalized spacial score (nSPS) is 12.2. The highest BCUT2D eigenvalue weighted by Crippen LogP contribution is 2.41. The Morgan fingerprint density at radius 3 is 2.50 bits per heavy atom. The minimum absolute atomic E-state index is 0.0714. The lowest BCUT2D eigenvalue weighted by atomic mass is 9.98. The third-order valence-corrected chi connectivity index (χ3v) is 5.95. The van der Waals surface area contributed by atoms with Gasteiger partial charge in [0, 0.05) is 17.2 Å². The van der Waals surface area contributed by atoms with Crippen LogP contribution in [0.2, 0.25) is 5.28 Å². The highest BCUT2D eigenvalue weighted by atomic mass is 35.5. The molecular weight excluding hydrogens is 423 g/mol. The number of hydrogen-bond acceptors (Lipinski definition) is 6. The molecule has 0 aliphatic heterocycles. The highest BCUT2D eigenvalue weighted by Gasteiger charge is 2.26. The van der Waals surface area contributed by atoms with Crippen molar-refractivity contribution in [3.8, 4) is 21.8 Å². The lowest BCUT2D eigenvalue weighted by Gasteiger charge is -2.13. The molecule has 0 atom stereocenters. The molecule has 2 heterocycles. The van der Waals surface area contributed by atoms with Gasteiger partial charge in [-0.15, -0.1) is 11.3 Å². The number of thiazole rings is 1. The molecule has 0 unspecified atom stereocenters. The molecular formula is C18H18ClFN4O2S2. The first-order chi connectivity index (χ1) is 13.0. The SMILES string of the molecule is CC(C)(C)c1nc(-c2cccc(NS(C)(=O)=O)c2F)c(-c2ccnc(Cl)n2)s1. The number of benzene rings is 1. The van der Waals surface area contributed by atoms with Crippen molar-refractivity contribution >= 4 is 38.6 Å². The van der Waals surface area contributed by atoms with Crippen molar-refractivity contribution in [3.05, 3.63) is 46.6 Å². The average Bonchev–Trinajstić information content (AvgIpc) is 3.01. The molecule has 3 rings (SSSR count). The van der Waals surface area contributed by atoms with Crippen molar-refractivity contribution < 1.29 is 12.8 Å². The fraction of sp³-hybridized carbons (Fsp3) is 0.278. The third-order valence-electron chi connectivity index (χ3n) is 3.68. The van der Waals surface area contributed by atoms with Gasteiger partial charge in [-0.2, -0.15) is 0 Å². The summed E-state index contributed by atoms with van der Waals surface area (Å²) in [5, 5.41) is 0.857. The number of aromatic nitrogens is 3. The molecule has 0 bridgehead atoms. The van der Waals surface area contributed by atoms with Gasteiger partial charge in [0.15, 0.2) is 5.82 Å². The van der Waals surface area contributed by atoms with Gasteiger partial charge in [0.25, 0.3) is 0 Å². The molecule has 1 aromatic carbocycles. The number of anilines is 1. The molecule has 0 aliphatic carbocycles. The molecule has 3 aromatic rings. The van der Waals surface area contributed by atoms with Crippen molar-refractivity contribution in [2.24, 2.45) is 0 Å². The van der Waals surface area contributed by atoms with Crippen LogP contribution in [0.5, 0.6) is 0 Å². The lowest BCUT2D eigenvalue weighted by molar-refractivity contribution is 0.585. The molecule has 0 saturated heterocycles. The van der Waals surface area contributed by atoms with E-state index in [9.17, 15) is 8.42 Å². The minimum Gasteiger partial charge on any atom is -0.281 e. The van der Waals surface area contributed by atoms with Gasteiger partial charge in [-0.25, -0.2) is 27.8 Å². The second-order valence-electron chi connectivity index (χ2n) is 7.20. The molecule has 28 heavy (non-hydrogen) atoms. The maximum Gasteiger partial charge on any atom is 0.229 e.